The second-order valence-corrected chi connectivity index (χ2v) is 15.2. The lowest BCUT2D eigenvalue weighted by Crippen LogP contribution is -2.42. The molecule has 1 saturated heterocycles. The molecule has 1 aromatic heterocycles. The third-order valence-corrected chi connectivity index (χ3v) is 11.2. The second kappa shape index (κ2) is 11.3. The van der Waals surface area contributed by atoms with Gasteiger partial charge in [-0.2, -0.15) is 4.98 Å². The summed E-state index contributed by atoms with van der Waals surface area (Å²) in [6, 6.07) is 5.48. The molecule has 1 saturated carbocycles. The molecule has 0 radical (unpaired) electrons. The molecule has 2 aliphatic heterocycles. The van der Waals surface area contributed by atoms with Crippen molar-refractivity contribution in [2.75, 3.05) is 51.2 Å². The van der Waals surface area contributed by atoms with Gasteiger partial charge in [-0.25, -0.2) is 13.4 Å². The number of rotatable bonds is 9. The Hall–Kier alpha value is -3.06. The highest BCUT2D eigenvalue weighted by atomic mass is 32.2. The van der Waals surface area contributed by atoms with E-state index in [0.717, 1.165) is 42.9 Å². The van der Waals surface area contributed by atoms with Gasteiger partial charge in [0.05, 0.1) is 22.6 Å². The van der Waals surface area contributed by atoms with E-state index in [9.17, 15) is 18.0 Å². The van der Waals surface area contributed by atoms with Crippen molar-refractivity contribution in [2.45, 2.75) is 64.5 Å². The molecule has 5 rings (SSSR count). The summed E-state index contributed by atoms with van der Waals surface area (Å²) in [5.41, 5.74) is 3.24. The number of carbonyl (C=O) groups excluding carboxylic acids is 2. The molecule has 222 valence electrons. The van der Waals surface area contributed by atoms with E-state index in [4.69, 9.17) is 4.74 Å². The van der Waals surface area contributed by atoms with E-state index in [-0.39, 0.29) is 23.6 Å². The van der Waals surface area contributed by atoms with Gasteiger partial charge < -0.3 is 14.4 Å². The molecule has 1 aromatic carbocycles. The number of hydrogen-bond acceptors (Lipinski definition) is 10. The minimum Gasteiger partial charge on any atom is -0.465 e. The zero-order chi connectivity index (χ0) is 29.4. The van der Waals surface area contributed by atoms with Crippen LogP contribution in [0.15, 0.2) is 24.4 Å². The maximum absolute atomic E-state index is 13.6. The number of ether oxygens (including phenoxy) is 1. The van der Waals surface area contributed by atoms with Crippen LogP contribution >= 0.6 is 11.9 Å². The number of piperidine rings is 1. The lowest BCUT2D eigenvalue weighted by molar-refractivity contribution is -0.139. The lowest BCUT2D eigenvalue weighted by Gasteiger charge is -2.35. The standard InChI is InChI=1S/C28H38N6O5S2/c1-5-39-23(35)18-40-32-20-6-7-21(22(16-20)33-14-11-28(9-10-28)12-15-33)25(36)31-26-29-17-19-8-13-34(24(19)30-26)41(37,38)27(2,3)4/h6-7,16-17,32H,5,8-15,18H2,1-4H3,(H,29,30,31,36). The molecule has 1 amide bonds. The summed E-state index contributed by atoms with van der Waals surface area (Å²) in [7, 11) is -3.65. The smallest absolute Gasteiger partial charge is 0.317 e. The average molecular weight is 603 g/mol. The van der Waals surface area contributed by atoms with Crippen LogP contribution in [-0.4, -0.2) is 67.0 Å². The van der Waals surface area contributed by atoms with Crippen LogP contribution in [0.2, 0.25) is 0 Å². The van der Waals surface area contributed by atoms with Gasteiger partial charge in [0.1, 0.15) is 5.75 Å². The number of hydrogen-bond donors (Lipinski definition) is 2. The minimum absolute atomic E-state index is 0.0541. The van der Waals surface area contributed by atoms with Crippen molar-refractivity contribution in [1.29, 1.82) is 0 Å². The molecule has 3 aliphatic rings. The minimum atomic E-state index is -3.65. The SMILES string of the molecule is CCOC(=O)CSNc1ccc(C(=O)Nc2ncc3c(n2)N(S(=O)(=O)C(C)(C)C)CC3)c(N2CCC3(CC2)CC3)c1. The lowest BCUT2D eigenvalue weighted by atomic mass is 9.93. The number of fused-ring (bicyclic) bond motifs is 1. The normalized spacial score (nSPS) is 17.8. The zero-order valence-electron chi connectivity index (χ0n) is 24.0. The predicted octanol–water partition coefficient (Wildman–Crippen LogP) is 4.22. The number of sulfonamides is 1. The number of aromatic nitrogens is 2. The van der Waals surface area contributed by atoms with Crippen molar-refractivity contribution in [3.05, 3.63) is 35.5 Å². The van der Waals surface area contributed by atoms with Gasteiger partial charge >= 0.3 is 5.97 Å². The molecule has 1 spiro atoms. The summed E-state index contributed by atoms with van der Waals surface area (Å²) in [5, 5.41) is 2.80. The van der Waals surface area contributed by atoms with Crippen LogP contribution in [0.4, 0.5) is 23.1 Å². The van der Waals surface area contributed by atoms with Crippen LogP contribution in [-0.2, 0) is 26.0 Å². The Morgan fingerprint density at radius 1 is 1.12 bits per heavy atom. The highest BCUT2D eigenvalue weighted by molar-refractivity contribution is 8.01. The number of nitrogens with one attached hydrogen (secondary N) is 2. The van der Waals surface area contributed by atoms with Gasteiger partial charge in [0.2, 0.25) is 16.0 Å². The fraction of sp³-hybridized carbons (Fsp3) is 0.571. The Bertz CT molecular complexity index is 1430. The Labute approximate surface area is 246 Å². The summed E-state index contributed by atoms with van der Waals surface area (Å²) in [4.78, 5) is 36.4. The van der Waals surface area contributed by atoms with Gasteiger partial charge in [0.25, 0.3) is 5.91 Å². The van der Waals surface area contributed by atoms with Crippen molar-refractivity contribution in [3.8, 4) is 0 Å². The first-order valence-corrected chi connectivity index (χ1v) is 16.5. The van der Waals surface area contributed by atoms with Crippen LogP contribution in [0.25, 0.3) is 0 Å². The topological polar surface area (TPSA) is 134 Å². The quantitative estimate of drug-likeness (QED) is 0.317. The van der Waals surface area contributed by atoms with Crippen LogP contribution < -0.4 is 19.2 Å². The van der Waals surface area contributed by atoms with Crippen LogP contribution in [0.5, 0.6) is 0 Å². The number of benzene rings is 1. The molecule has 13 heteroatoms. The molecule has 11 nitrogen and oxygen atoms in total. The second-order valence-electron chi connectivity index (χ2n) is 11.9. The Morgan fingerprint density at radius 2 is 1.85 bits per heavy atom. The van der Waals surface area contributed by atoms with E-state index in [2.05, 4.69) is 24.9 Å². The summed E-state index contributed by atoms with van der Waals surface area (Å²) in [6.45, 7) is 9.09. The van der Waals surface area contributed by atoms with Gasteiger partial charge in [-0.1, -0.05) is 0 Å². The summed E-state index contributed by atoms with van der Waals surface area (Å²) in [6.07, 6.45) is 6.84. The van der Waals surface area contributed by atoms with Crippen molar-refractivity contribution < 1.29 is 22.7 Å². The summed E-state index contributed by atoms with van der Waals surface area (Å²) >= 11 is 1.23. The highest BCUT2D eigenvalue weighted by Crippen LogP contribution is 2.54. The van der Waals surface area contributed by atoms with E-state index in [1.807, 2.05) is 6.07 Å². The monoisotopic (exact) mass is 602 g/mol. The maximum Gasteiger partial charge on any atom is 0.317 e. The van der Waals surface area contributed by atoms with Crippen molar-refractivity contribution in [1.82, 2.24) is 9.97 Å². The van der Waals surface area contributed by atoms with Gasteiger partial charge in [0, 0.05) is 37.1 Å². The molecule has 2 aromatic rings. The number of nitrogens with zero attached hydrogens (tertiary/aromatic N) is 4. The van der Waals surface area contributed by atoms with Crippen molar-refractivity contribution >= 4 is 57.0 Å². The summed E-state index contributed by atoms with van der Waals surface area (Å²) in [5.74, 6) is -0.140. The number of amides is 1. The number of anilines is 4. The first-order chi connectivity index (χ1) is 19.4. The van der Waals surface area contributed by atoms with Crippen LogP contribution in [0.1, 0.15) is 69.3 Å². The molecule has 1 aliphatic carbocycles. The van der Waals surface area contributed by atoms with Gasteiger partial charge in [-0.15, -0.1) is 0 Å². The maximum atomic E-state index is 13.6. The van der Waals surface area contributed by atoms with Crippen LogP contribution in [0.3, 0.4) is 0 Å². The van der Waals surface area contributed by atoms with E-state index < -0.39 is 14.8 Å². The molecular formula is C28H38N6O5S2. The van der Waals surface area contributed by atoms with E-state index in [0.29, 0.717) is 36.4 Å². The zero-order valence-corrected chi connectivity index (χ0v) is 25.7. The largest absolute Gasteiger partial charge is 0.465 e. The fourth-order valence-electron chi connectivity index (χ4n) is 5.24. The average Bonchev–Trinajstić information content (AvgIpc) is 3.53. The van der Waals surface area contributed by atoms with E-state index >= 15 is 0 Å². The highest BCUT2D eigenvalue weighted by Gasteiger charge is 2.45. The Balaban J connectivity index is 1.36. The Morgan fingerprint density at radius 3 is 2.51 bits per heavy atom. The van der Waals surface area contributed by atoms with Gasteiger partial charge in [-0.05, 0) is 95.4 Å². The van der Waals surface area contributed by atoms with Gasteiger partial charge in [0.15, 0.2) is 5.82 Å². The molecule has 0 unspecified atom stereocenters. The Kier molecular flexibility index (Phi) is 8.12. The van der Waals surface area contributed by atoms with E-state index in [1.54, 1.807) is 46.0 Å². The van der Waals surface area contributed by atoms with Crippen molar-refractivity contribution in [3.63, 3.8) is 0 Å². The molecule has 2 N–H and O–H groups in total. The predicted molar refractivity (Wildman–Crippen MR) is 162 cm³/mol. The van der Waals surface area contributed by atoms with Gasteiger partial charge in [-0.3, -0.25) is 19.2 Å². The third-order valence-electron chi connectivity index (χ3n) is 8.00. The molecule has 2 fully saturated rings. The molecular weight excluding hydrogens is 564 g/mol. The van der Waals surface area contributed by atoms with Crippen molar-refractivity contribution in [2.24, 2.45) is 5.41 Å². The number of esters is 1. The van der Waals surface area contributed by atoms with Crippen LogP contribution in [0, 0.1) is 5.41 Å². The fourth-order valence-corrected chi connectivity index (χ4v) is 7.19. The first-order valence-electron chi connectivity index (χ1n) is 14.0. The molecule has 3 heterocycles. The first kappa shape index (κ1) is 29.4. The third kappa shape index (κ3) is 6.25. The number of carbonyl (C=O) groups is 2. The molecule has 0 atom stereocenters. The summed E-state index contributed by atoms with van der Waals surface area (Å²) < 4.78 is 34.8. The van der Waals surface area contributed by atoms with E-state index in [1.165, 1.54) is 29.1 Å². The molecule has 0 bridgehead atoms. The molecule has 41 heavy (non-hydrogen) atoms.